The Balaban J connectivity index is 1.71. The summed E-state index contributed by atoms with van der Waals surface area (Å²) in [5, 5.41) is 9.31. The van der Waals surface area contributed by atoms with Crippen LogP contribution >= 0.6 is 0 Å². The lowest BCUT2D eigenvalue weighted by Gasteiger charge is -2.31. The third-order valence-electron chi connectivity index (χ3n) is 4.35. The molecule has 6 heteroatoms. The zero-order valence-electron chi connectivity index (χ0n) is 13.2. The molecule has 1 fully saturated rings. The summed E-state index contributed by atoms with van der Waals surface area (Å²) in [6.45, 7) is 2.74. The molecule has 0 saturated carbocycles. The third-order valence-corrected chi connectivity index (χ3v) is 4.35. The molecule has 23 heavy (non-hydrogen) atoms. The maximum absolute atomic E-state index is 12.1. The van der Waals surface area contributed by atoms with Crippen LogP contribution in [-0.2, 0) is 0 Å². The van der Waals surface area contributed by atoms with Crippen LogP contribution in [0.15, 0.2) is 36.7 Å². The molecule has 122 valence electrons. The molecule has 2 N–H and O–H groups in total. The van der Waals surface area contributed by atoms with Gasteiger partial charge in [-0.25, -0.2) is 4.98 Å². The van der Waals surface area contributed by atoms with Crippen LogP contribution in [0.2, 0.25) is 0 Å². The van der Waals surface area contributed by atoms with Crippen molar-refractivity contribution in [1.29, 1.82) is 0 Å². The highest BCUT2D eigenvalue weighted by Crippen LogP contribution is 2.23. The summed E-state index contributed by atoms with van der Waals surface area (Å²) >= 11 is 0. The van der Waals surface area contributed by atoms with E-state index in [1.54, 1.807) is 0 Å². The van der Waals surface area contributed by atoms with Gasteiger partial charge in [-0.15, -0.1) is 0 Å². The van der Waals surface area contributed by atoms with Crippen LogP contribution in [0.5, 0.6) is 0 Å². The third kappa shape index (κ3) is 4.16. The number of rotatable bonds is 5. The molecule has 6 nitrogen and oxygen atoms in total. The van der Waals surface area contributed by atoms with Gasteiger partial charge in [0.15, 0.2) is 0 Å². The Kier molecular flexibility index (Phi) is 5.37. The summed E-state index contributed by atoms with van der Waals surface area (Å²) in [4.78, 5) is 18.5. The number of nitrogens with zero attached hydrogens (tertiary/aromatic N) is 3. The number of benzene rings is 1. The van der Waals surface area contributed by atoms with Crippen LogP contribution in [0.25, 0.3) is 0 Å². The number of carbonyl (C=O) groups is 1. The monoisotopic (exact) mass is 313 g/mol. The van der Waals surface area contributed by atoms with E-state index in [1.807, 2.05) is 6.07 Å². The molecule has 1 aromatic heterocycles. The molecule has 0 aliphatic carbocycles. The number of amides is 1. The van der Waals surface area contributed by atoms with Crippen molar-refractivity contribution in [2.45, 2.75) is 31.7 Å². The summed E-state index contributed by atoms with van der Waals surface area (Å²) < 4.78 is 0. The lowest BCUT2D eigenvalue weighted by molar-refractivity contribution is 0.0923. The standard InChI is InChI=1S/C17H23N5O/c23-17(16-19-13-20-21-16)18-12-15(14-8-4-3-5-9-14)22-10-6-1-2-7-11-22/h3-5,8-9,13,15H,1-2,6-7,10-12H2,(H,18,23)(H,19,20,21). The fourth-order valence-electron chi connectivity index (χ4n) is 3.13. The second-order valence-electron chi connectivity index (χ2n) is 5.92. The Hall–Kier alpha value is -2.21. The summed E-state index contributed by atoms with van der Waals surface area (Å²) in [5.74, 6) is 0.0472. The highest BCUT2D eigenvalue weighted by atomic mass is 16.2. The highest BCUT2D eigenvalue weighted by Gasteiger charge is 2.22. The lowest BCUT2D eigenvalue weighted by atomic mass is 10.0. The van der Waals surface area contributed by atoms with E-state index in [0.717, 1.165) is 13.1 Å². The molecule has 1 aliphatic rings. The molecule has 2 aromatic rings. The number of likely N-dealkylation sites (tertiary alicyclic amines) is 1. The average Bonchev–Trinajstić information content (AvgIpc) is 3.00. The van der Waals surface area contributed by atoms with Gasteiger partial charge in [0.05, 0.1) is 6.04 Å². The molecule has 1 aromatic carbocycles. The van der Waals surface area contributed by atoms with Gasteiger partial charge in [-0.2, -0.15) is 5.10 Å². The van der Waals surface area contributed by atoms with Crippen LogP contribution < -0.4 is 5.32 Å². The van der Waals surface area contributed by atoms with Gasteiger partial charge in [0.1, 0.15) is 6.33 Å². The van der Waals surface area contributed by atoms with E-state index >= 15 is 0 Å². The normalized spacial score (nSPS) is 17.4. The Morgan fingerprint density at radius 1 is 1.17 bits per heavy atom. The smallest absolute Gasteiger partial charge is 0.288 e. The number of carbonyl (C=O) groups excluding carboxylic acids is 1. The summed E-state index contributed by atoms with van der Waals surface area (Å²) in [5.41, 5.74) is 1.24. The van der Waals surface area contributed by atoms with Crippen molar-refractivity contribution in [3.05, 3.63) is 48.0 Å². The second kappa shape index (κ2) is 7.87. The molecule has 1 atom stereocenters. The molecule has 1 amide bonds. The van der Waals surface area contributed by atoms with Crippen molar-refractivity contribution in [3.63, 3.8) is 0 Å². The van der Waals surface area contributed by atoms with E-state index in [-0.39, 0.29) is 17.8 Å². The molecule has 3 rings (SSSR count). The molecule has 2 heterocycles. The van der Waals surface area contributed by atoms with Gasteiger partial charge in [0.2, 0.25) is 5.82 Å². The zero-order valence-corrected chi connectivity index (χ0v) is 13.2. The van der Waals surface area contributed by atoms with Gasteiger partial charge in [0.25, 0.3) is 5.91 Å². The van der Waals surface area contributed by atoms with Gasteiger partial charge >= 0.3 is 0 Å². The first-order valence-corrected chi connectivity index (χ1v) is 8.27. The van der Waals surface area contributed by atoms with Gasteiger partial charge in [-0.1, -0.05) is 43.2 Å². The molecule has 0 bridgehead atoms. The fourth-order valence-corrected chi connectivity index (χ4v) is 3.13. The molecule has 1 unspecified atom stereocenters. The second-order valence-corrected chi connectivity index (χ2v) is 5.92. The SMILES string of the molecule is O=C(NCC(c1ccccc1)N1CCCCCC1)c1ncn[nH]1. The van der Waals surface area contributed by atoms with E-state index in [9.17, 15) is 4.79 Å². The largest absolute Gasteiger partial charge is 0.347 e. The average molecular weight is 313 g/mol. The minimum absolute atomic E-state index is 0.196. The maximum atomic E-state index is 12.1. The Labute approximate surface area is 136 Å². The molecular weight excluding hydrogens is 290 g/mol. The van der Waals surface area contributed by atoms with Crippen LogP contribution in [0.3, 0.4) is 0 Å². The van der Waals surface area contributed by atoms with Gasteiger partial charge in [0, 0.05) is 6.54 Å². The van der Waals surface area contributed by atoms with Crippen molar-refractivity contribution < 1.29 is 4.79 Å². The molecule has 1 saturated heterocycles. The van der Waals surface area contributed by atoms with E-state index in [0.29, 0.717) is 6.54 Å². The van der Waals surface area contributed by atoms with Crippen LogP contribution in [0.4, 0.5) is 0 Å². The molecule has 0 radical (unpaired) electrons. The summed E-state index contributed by atoms with van der Waals surface area (Å²) in [7, 11) is 0. The quantitative estimate of drug-likeness (QED) is 0.887. The molecular formula is C17H23N5O. The van der Waals surface area contributed by atoms with Gasteiger partial charge < -0.3 is 5.32 Å². The van der Waals surface area contributed by atoms with Crippen molar-refractivity contribution >= 4 is 5.91 Å². The van der Waals surface area contributed by atoms with Gasteiger partial charge in [-0.3, -0.25) is 14.8 Å². The van der Waals surface area contributed by atoms with E-state index in [2.05, 4.69) is 49.7 Å². The first-order valence-electron chi connectivity index (χ1n) is 8.27. The first-order chi connectivity index (χ1) is 11.3. The number of H-pyrrole nitrogens is 1. The zero-order chi connectivity index (χ0) is 15.9. The number of hydrogen-bond donors (Lipinski definition) is 2. The number of hydrogen-bond acceptors (Lipinski definition) is 4. The lowest BCUT2D eigenvalue weighted by Crippen LogP contribution is -2.39. The number of aromatic amines is 1. The van der Waals surface area contributed by atoms with E-state index in [4.69, 9.17) is 0 Å². The van der Waals surface area contributed by atoms with E-state index < -0.39 is 0 Å². The van der Waals surface area contributed by atoms with Crippen molar-refractivity contribution in [3.8, 4) is 0 Å². The van der Waals surface area contributed by atoms with Crippen LogP contribution in [0, 0.1) is 0 Å². The Morgan fingerprint density at radius 3 is 2.57 bits per heavy atom. The number of nitrogens with one attached hydrogen (secondary N) is 2. The fraction of sp³-hybridized carbons (Fsp3) is 0.471. The summed E-state index contributed by atoms with van der Waals surface area (Å²) in [6, 6.07) is 10.6. The maximum Gasteiger partial charge on any atom is 0.288 e. The minimum Gasteiger partial charge on any atom is -0.347 e. The first kappa shape index (κ1) is 15.7. The predicted octanol–water partition coefficient (Wildman–Crippen LogP) is 2.15. The molecule has 0 spiro atoms. The Bertz CT molecular complexity index is 591. The molecule has 1 aliphatic heterocycles. The van der Waals surface area contributed by atoms with Crippen LogP contribution in [-0.4, -0.2) is 45.6 Å². The van der Waals surface area contributed by atoms with E-state index in [1.165, 1.54) is 37.6 Å². The summed E-state index contributed by atoms with van der Waals surface area (Å²) in [6.07, 6.45) is 6.38. The Morgan fingerprint density at radius 2 is 1.91 bits per heavy atom. The number of aromatic nitrogens is 3. The van der Waals surface area contributed by atoms with Gasteiger partial charge in [-0.05, 0) is 31.5 Å². The van der Waals surface area contributed by atoms with Crippen LogP contribution in [0.1, 0.15) is 47.9 Å². The highest BCUT2D eigenvalue weighted by molar-refractivity contribution is 5.90. The van der Waals surface area contributed by atoms with Crippen molar-refractivity contribution in [2.24, 2.45) is 0 Å². The minimum atomic E-state index is -0.210. The predicted molar refractivity (Wildman–Crippen MR) is 87.9 cm³/mol. The topological polar surface area (TPSA) is 73.9 Å². The van der Waals surface area contributed by atoms with Crippen molar-refractivity contribution in [2.75, 3.05) is 19.6 Å². The van der Waals surface area contributed by atoms with Crippen molar-refractivity contribution in [1.82, 2.24) is 25.4 Å².